The van der Waals surface area contributed by atoms with Crippen molar-refractivity contribution in [1.29, 1.82) is 0 Å². The third-order valence-electron chi connectivity index (χ3n) is 3.14. The second-order valence-electron chi connectivity index (χ2n) is 4.24. The Bertz CT molecular complexity index is 635. The molecule has 0 spiro atoms. The van der Waals surface area contributed by atoms with Crippen molar-refractivity contribution < 1.29 is 4.79 Å². The van der Waals surface area contributed by atoms with Crippen LogP contribution in [0.15, 0.2) is 41.3 Å². The monoisotopic (exact) mass is 225 g/mol. The van der Waals surface area contributed by atoms with Gasteiger partial charge in [-0.05, 0) is 29.2 Å². The molecule has 3 rings (SSSR count). The highest BCUT2D eigenvalue weighted by molar-refractivity contribution is 6.00. The Balaban J connectivity index is 2.08. The number of hydrogen-bond acceptors (Lipinski definition) is 2. The molecule has 1 heterocycles. The van der Waals surface area contributed by atoms with E-state index in [9.17, 15) is 9.59 Å². The molecule has 1 aliphatic carbocycles. The van der Waals surface area contributed by atoms with Crippen molar-refractivity contribution in [3.63, 3.8) is 0 Å². The van der Waals surface area contributed by atoms with Gasteiger partial charge in [-0.15, -0.1) is 0 Å². The van der Waals surface area contributed by atoms with Gasteiger partial charge in [-0.1, -0.05) is 18.2 Å². The number of rotatable bonds is 1. The highest BCUT2D eigenvalue weighted by Gasteiger charge is 2.19. The molecule has 0 unspecified atom stereocenters. The van der Waals surface area contributed by atoms with Crippen LogP contribution < -0.4 is 5.56 Å². The predicted octanol–water partition coefficient (Wildman–Crippen LogP) is 2.17. The molecule has 0 saturated heterocycles. The first-order valence-corrected chi connectivity index (χ1v) is 5.59. The quantitative estimate of drug-likeness (QED) is 0.808. The molecule has 1 aromatic heterocycles. The van der Waals surface area contributed by atoms with Crippen LogP contribution in [0.5, 0.6) is 0 Å². The Morgan fingerprint density at radius 1 is 0.941 bits per heavy atom. The molecular weight excluding hydrogens is 214 g/mol. The van der Waals surface area contributed by atoms with Gasteiger partial charge in [-0.3, -0.25) is 9.59 Å². The van der Waals surface area contributed by atoms with Crippen molar-refractivity contribution in [3.8, 4) is 11.1 Å². The number of aromatic amines is 1. The van der Waals surface area contributed by atoms with E-state index < -0.39 is 0 Å². The fourth-order valence-electron chi connectivity index (χ4n) is 2.23. The fraction of sp³-hybridized carbons (Fsp3) is 0.143. The van der Waals surface area contributed by atoms with Gasteiger partial charge in [0.25, 0.3) is 0 Å². The van der Waals surface area contributed by atoms with Gasteiger partial charge in [0.05, 0.1) is 0 Å². The van der Waals surface area contributed by atoms with E-state index in [1.807, 2.05) is 18.2 Å². The lowest BCUT2D eigenvalue weighted by atomic mass is 10.0. The van der Waals surface area contributed by atoms with Crippen molar-refractivity contribution in [2.45, 2.75) is 12.8 Å². The zero-order chi connectivity index (χ0) is 11.8. The minimum absolute atomic E-state index is 0.106. The van der Waals surface area contributed by atoms with Crippen LogP contribution in [0.25, 0.3) is 11.1 Å². The van der Waals surface area contributed by atoms with E-state index in [0.29, 0.717) is 6.42 Å². The van der Waals surface area contributed by atoms with Crippen LogP contribution in [-0.2, 0) is 6.42 Å². The van der Waals surface area contributed by atoms with Gasteiger partial charge in [-0.2, -0.15) is 0 Å². The van der Waals surface area contributed by atoms with Crippen molar-refractivity contribution in [2.24, 2.45) is 0 Å². The van der Waals surface area contributed by atoms with Gasteiger partial charge in [0, 0.05) is 24.2 Å². The Morgan fingerprint density at radius 3 is 2.53 bits per heavy atom. The molecule has 0 atom stereocenters. The molecule has 0 saturated carbocycles. The molecule has 1 N–H and O–H groups in total. The third-order valence-corrected chi connectivity index (χ3v) is 3.14. The smallest absolute Gasteiger partial charge is 0.247 e. The molecule has 0 fully saturated rings. The molecule has 0 radical (unpaired) electrons. The number of fused-ring (bicyclic) bond motifs is 1. The van der Waals surface area contributed by atoms with Crippen LogP contribution in [0.3, 0.4) is 0 Å². The van der Waals surface area contributed by atoms with Crippen molar-refractivity contribution in [3.05, 3.63) is 58.0 Å². The first-order valence-electron chi connectivity index (χ1n) is 5.59. The zero-order valence-electron chi connectivity index (χ0n) is 9.19. The number of H-pyrrole nitrogens is 1. The molecular formula is C14H11NO2. The van der Waals surface area contributed by atoms with Crippen molar-refractivity contribution >= 4 is 5.78 Å². The molecule has 0 bridgehead atoms. The molecule has 1 aliphatic rings. The summed E-state index contributed by atoms with van der Waals surface area (Å²) < 4.78 is 0. The highest BCUT2D eigenvalue weighted by Crippen LogP contribution is 2.27. The first-order chi connectivity index (χ1) is 8.24. The first kappa shape index (κ1) is 10.0. The molecule has 17 heavy (non-hydrogen) atoms. The molecule has 0 amide bonds. The molecule has 0 aliphatic heterocycles. The van der Waals surface area contributed by atoms with Crippen molar-refractivity contribution in [2.75, 3.05) is 0 Å². The van der Waals surface area contributed by atoms with Crippen LogP contribution in [0.4, 0.5) is 0 Å². The van der Waals surface area contributed by atoms with Gasteiger partial charge < -0.3 is 4.98 Å². The van der Waals surface area contributed by atoms with Gasteiger partial charge >= 0.3 is 0 Å². The maximum absolute atomic E-state index is 11.5. The second kappa shape index (κ2) is 3.70. The summed E-state index contributed by atoms with van der Waals surface area (Å²) in [6, 6.07) is 9.14. The zero-order valence-corrected chi connectivity index (χ0v) is 9.19. The molecule has 3 nitrogen and oxygen atoms in total. The minimum atomic E-state index is -0.106. The molecule has 84 valence electrons. The molecule has 2 aromatic rings. The second-order valence-corrected chi connectivity index (χ2v) is 4.24. The van der Waals surface area contributed by atoms with Crippen LogP contribution in [0.2, 0.25) is 0 Å². The number of benzene rings is 1. The Labute approximate surface area is 98.1 Å². The third kappa shape index (κ3) is 1.69. The fourth-order valence-corrected chi connectivity index (χ4v) is 2.23. The van der Waals surface area contributed by atoms with Gasteiger partial charge in [0.1, 0.15) is 0 Å². The van der Waals surface area contributed by atoms with Crippen molar-refractivity contribution in [1.82, 2.24) is 4.98 Å². The summed E-state index contributed by atoms with van der Waals surface area (Å²) in [7, 11) is 0. The van der Waals surface area contributed by atoms with Gasteiger partial charge in [0.2, 0.25) is 5.56 Å². The number of nitrogens with one attached hydrogen (secondary N) is 1. The number of ketones is 1. The lowest BCUT2D eigenvalue weighted by Gasteiger charge is -2.03. The predicted molar refractivity (Wildman–Crippen MR) is 65.2 cm³/mol. The van der Waals surface area contributed by atoms with E-state index in [0.717, 1.165) is 28.7 Å². The summed E-state index contributed by atoms with van der Waals surface area (Å²) in [6.07, 6.45) is 3.14. The Morgan fingerprint density at radius 2 is 1.76 bits per heavy atom. The average Bonchev–Trinajstić information content (AvgIpc) is 2.72. The molecule has 3 heteroatoms. The summed E-state index contributed by atoms with van der Waals surface area (Å²) in [5.41, 5.74) is 3.85. The maximum atomic E-state index is 11.5. The summed E-state index contributed by atoms with van der Waals surface area (Å²) in [6.45, 7) is 0. The number of pyridine rings is 1. The van der Waals surface area contributed by atoms with E-state index in [1.54, 1.807) is 12.3 Å². The maximum Gasteiger partial charge on any atom is 0.247 e. The van der Waals surface area contributed by atoms with Crippen LogP contribution in [0.1, 0.15) is 22.3 Å². The normalized spacial score (nSPS) is 13.8. The number of aromatic nitrogens is 1. The van der Waals surface area contributed by atoms with E-state index in [2.05, 4.69) is 4.98 Å². The average molecular weight is 225 g/mol. The van der Waals surface area contributed by atoms with E-state index >= 15 is 0 Å². The lowest BCUT2D eigenvalue weighted by Crippen LogP contribution is -2.01. The summed E-state index contributed by atoms with van der Waals surface area (Å²) in [4.78, 5) is 25.1. The van der Waals surface area contributed by atoms with Gasteiger partial charge in [-0.25, -0.2) is 0 Å². The van der Waals surface area contributed by atoms with Crippen LogP contribution in [-0.4, -0.2) is 10.8 Å². The number of carbonyl (C=O) groups is 1. The standard InChI is InChI=1S/C14H11NO2/c16-13-5-2-10-7-9(1-4-12(10)13)11-3-6-14(17)15-8-11/h1,3-4,6-8H,2,5H2,(H,15,17). The van der Waals surface area contributed by atoms with Crippen LogP contribution >= 0.6 is 0 Å². The summed E-state index contributed by atoms with van der Waals surface area (Å²) >= 11 is 0. The topological polar surface area (TPSA) is 49.9 Å². The minimum Gasteiger partial charge on any atom is -0.328 e. The van der Waals surface area contributed by atoms with Gasteiger partial charge in [0.15, 0.2) is 5.78 Å². The SMILES string of the molecule is O=C1CCc2cc(-c3ccc(=O)[nH]c3)ccc21. The Hall–Kier alpha value is -2.16. The number of aryl methyl sites for hydroxylation is 1. The van der Waals surface area contributed by atoms with Crippen LogP contribution in [0, 0.1) is 0 Å². The number of carbonyl (C=O) groups excluding carboxylic acids is 1. The number of Topliss-reactive ketones (excluding diaryl/α,β-unsaturated/α-hetero) is 1. The lowest BCUT2D eigenvalue weighted by molar-refractivity contribution is 0.0994. The largest absolute Gasteiger partial charge is 0.328 e. The van der Waals surface area contributed by atoms with E-state index in [-0.39, 0.29) is 11.3 Å². The summed E-state index contributed by atoms with van der Waals surface area (Å²) in [5, 5.41) is 0. The van der Waals surface area contributed by atoms with E-state index in [4.69, 9.17) is 0 Å². The highest BCUT2D eigenvalue weighted by atomic mass is 16.1. The Kier molecular flexibility index (Phi) is 2.18. The number of hydrogen-bond donors (Lipinski definition) is 1. The van der Waals surface area contributed by atoms with E-state index in [1.165, 1.54) is 6.07 Å². The summed E-state index contributed by atoms with van der Waals surface area (Å²) in [5.74, 6) is 0.230. The molecule has 1 aromatic carbocycles.